The van der Waals surface area contributed by atoms with Crippen LogP contribution in [0.1, 0.15) is 34.6 Å². The molecule has 1 heterocycles. The number of carbonyl (C=O) groups excluding carboxylic acids is 1. The van der Waals surface area contributed by atoms with Crippen molar-refractivity contribution in [3.8, 4) is 0 Å². The minimum atomic E-state index is -0.0859. The zero-order valence-electron chi connectivity index (χ0n) is 11.3. The van der Waals surface area contributed by atoms with Crippen molar-refractivity contribution >= 4 is 11.6 Å². The number of H-pyrrole nitrogens is 1. The molecule has 0 aliphatic rings. The van der Waals surface area contributed by atoms with E-state index >= 15 is 0 Å². The van der Waals surface area contributed by atoms with Crippen LogP contribution in [0.2, 0.25) is 0 Å². The Morgan fingerprint density at radius 2 is 2.16 bits per heavy atom. The Labute approximate surface area is 112 Å². The van der Waals surface area contributed by atoms with E-state index in [0.29, 0.717) is 5.56 Å². The van der Waals surface area contributed by atoms with Gasteiger partial charge in [0, 0.05) is 24.5 Å². The number of nitrogens with one attached hydrogen (secondary N) is 3. The number of anilines is 1. The molecule has 0 aliphatic carbocycles. The van der Waals surface area contributed by atoms with Gasteiger partial charge in [0.25, 0.3) is 5.91 Å². The van der Waals surface area contributed by atoms with Gasteiger partial charge in [0.05, 0.1) is 11.7 Å². The molecule has 0 saturated carbocycles. The summed E-state index contributed by atoms with van der Waals surface area (Å²) in [6.07, 6.45) is 1.72. The SMILES string of the molecule is CNC(=O)c1ccc(C)c(NC(C)c2ccn[nH]2)c1. The van der Waals surface area contributed by atoms with Crippen LogP contribution in [-0.2, 0) is 0 Å². The molecule has 2 rings (SSSR count). The molecule has 1 amide bonds. The number of carbonyl (C=O) groups is 1. The molecular formula is C14H18N4O. The van der Waals surface area contributed by atoms with Crippen LogP contribution in [0.15, 0.2) is 30.5 Å². The predicted molar refractivity (Wildman–Crippen MR) is 75.2 cm³/mol. The third-order valence-corrected chi connectivity index (χ3v) is 3.09. The van der Waals surface area contributed by atoms with Crippen LogP contribution >= 0.6 is 0 Å². The fraction of sp³-hybridized carbons (Fsp3) is 0.286. The summed E-state index contributed by atoms with van der Waals surface area (Å²) in [5.41, 5.74) is 3.69. The molecule has 0 fully saturated rings. The van der Waals surface area contributed by atoms with E-state index in [4.69, 9.17) is 0 Å². The first-order valence-electron chi connectivity index (χ1n) is 6.20. The van der Waals surface area contributed by atoms with Crippen molar-refractivity contribution in [3.05, 3.63) is 47.3 Å². The summed E-state index contributed by atoms with van der Waals surface area (Å²) in [6, 6.07) is 7.64. The second-order valence-corrected chi connectivity index (χ2v) is 4.49. The van der Waals surface area contributed by atoms with Gasteiger partial charge < -0.3 is 10.6 Å². The van der Waals surface area contributed by atoms with Crippen molar-refractivity contribution in [2.24, 2.45) is 0 Å². The molecular weight excluding hydrogens is 240 g/mol. The first-order valence-corrected chi connectivity index (χ1v) is 6.20. The van der Waals surface area contributed by atoms with Gasteiger partial charge in [-0.2, -0.15) is 5.10 Å². The zero-order chi connectivity index (χ0) is 13.8. The number of rotatable bonds is 4. The van der Waals surface area contributed by atoms with Crippen molar-refractivity contribution in [2.45, 2.75) is 19.9 Å². The number of aryl methyl sites for hydroxylation is 1. The maximum Gasteiger partial charge on any atom is 0.251 e. The molecule has 5 heteroatoms. The van der Waals surface area contributed by atoms with Gasteiger partial charge in [-0.1, -0.05) is 6.07 Å². The van der Waals surface area contributed by atoms with Crippen molar-refractivity contribution in [3.63, 3.8) is 0 Å². The lowest BCUT2D eigenvalue weighted by Gasteiger charge is -2.16. The normalized spacial score (nSPS) is 11.9. The zero-order valence-corrected chi connectivity index (χ0v) is 11.3. The van der Waals surface area contributed by atoms with Crippen LogP contribution in [-0.4, -0.2) is 23.2 Å². The Hall–Kier alpha value is -2.30. The summed E-state index contributed by atoms with van der Waals surface area (Å²) in [7, 11) is 1.63. The molecule has 1 aromatic carbocycles. The highest BCUT2D eigenvalue weighted by Gasteiger charge is 2.10. The highest BCUT2D eigenvalue weighted by Crippen LogP contribution is 2.22. The number of benzene rings is 1. The molecule has 3 N–H and O–H groups in total. The number of amides is 1. The lowest BCUT2D eigenvalue weighted by atomic mass is 10.1. The van der Waals surface area contributed by atoms with Crippen molar-refractivity contribution in [1.29, 1.82) is 0 Å². The largest absolute Gasteiger partial charge is 0.377 e. The monoisotopic (exact) mass is 258 g/mol. The van der Waals surface area contributed by atoms with Crippen LogP contribution < -0.4 is 10.6 Å². The van der Waals surface area contributed by atoms with Crippen molar-refractivity contribution < 1.29 is 4.79 Å². The number of hydrogen-bond acceptors (Lipinski definition) is 3. The van der Waals surface area contributed by atoms with Gasteiger partial charge in [-0.05, 0) is 37.6 Å². The first-order chi connectivity index (χ1) is 9.11. The van der Waals surface area contributed by atoms with E-state index in [-0.39, 0.29) is 11.9 Å². The molecule has 0 radical (unpaired) electrons. The van der Waals surface area contributed by atoms with E-state index in [1.807, 2.05) is 38.1 Å². The molecule has 19 heavy (non-hydrogen) atoms. The second-order valence-electron chi connectivity index (χ2n) is 4.49. The summed E-state index contributed by atoms with van der Waals surface area (Å²) in [5, 5.41) is 12.9. The van der Waals surface area contributed by atoms with Crippen LogP contribution in [0, 0.1) is 6.92 Å². The fourth-order valence-electron chi connectivity index (χ4n) is 1.88. The molecule has 0 bridgehead atoms. The first kappa shape index (κ1) is 13.1. The highest BCUT2D eigenvalue weighted by atomic mass is 16.1. The van der Waals surface area contributed by atoms with E-state index in [1.54, 1.807) is 13.2 Å². The van der Waals surface area contributed by atoms with Gasteiger partial charge in [-0.25, -0.2) is 0 Å². The molecule has 100 valence electrons. The van der Waals surface area contributed by atoms with Crippen molar-refractivity contribution in [1.82, 2.24) is 15.5 Å². The number of nitrogens with zero attached hydrogens (tertiary/aromatic N) is 1. The van der Waals surface area contributed by atoms with Crippen LogP contribution in [0.4, 0.5) is 5.69 Å². The van der Waals surface area contributed by atoms with Crippen LogP contribution in [0.3, 0.4) is 0 Å². The molecule has 0 spiro atoms. The Balaban J connectivity index is 2.22. The average Bonchev–Trinajstić information content (AvgIpc) is 2.94. The van der Waals surface area contributed by atoms with E-state index in [9.17, 15) is 4.79 Å². The summed E-state index contributed by atoms with van der Waals surface area (Å²) in [5.74, 6) is -0.0859. The quantitative estimate of drug-likeness (QED) is 0.787. The highest BCUT2D eigenvalue weighted by molar-refractivity contribution is 5.95. The van der Waals surface area contributed by atoms with Gasteiger partial charge >= 0.3 is 0 Å². The third kappa shape index (κ3) is 2.93. The van der Waals surface area contributed by atoms with Gasteiger partial charge in [0.15, 0.2) is 0 Å². The van der Waals surface area contributed by atoms with E-state index in [1.165, 1.54) is 0 Å². The molecule has 1 aromatic heterocycles. The lowest BCUT2D eigenvalue weighted by molar-refractivity contribution is 0.0963. The topological polar surface area (TPSA) is 69.8 Å². The van der Waals surface area contributed by atoms with E-state index < -0.39 is 0 Å². The summed E-state index contributed by atoms with van der Waals surface area (Å²) >= 11 is 0. The number of hydrogen-bond donors (Lipinski definition) is 3. The Morgan fingerprint density at radius 3 is 2.79 bits per heavy atom. The smallest absolute Gasteiger partial charge is 0.251 e. The van der Waals surface area contributed by atoms with Gasteiger partial charge in [-0.3, -0.25) is 9.89 Å². The van der Waals surface area contributed by atoms with Crippen molar-refractivity contribution in [2.75, 3.05) is 12.4 Å². The lowest BCUT2D eigenvalue weighted by Crippen LogP contribution is -2.18. The maximum absolute atomic E-state index is 11.6. The minimum Gasteiger partial charge on any atom is -0.377 e. The van der Waals surface area contributed by atoms with Crippen LogP contribution in [0.5, 0.6) is 0 Å². The molecule has 5 nitrogen and oxygen atoms in total. The second kappa shape index (κ2) is 5.56. The van der Waals surface area contributed by atoms with Crippen LogP contribution in [0.25, 0.3) is 0 Å². The van der Waals surface area contributed by atoms with E-state index in [0.717, 1.165) is 16.9 Å². The molecule has 0 saturated heterocycles. The molecule has 2 aromatic rings. The predicted octanol–water partition coefficient (Wildman–Crippen LogP) is 2.25. The third-order valence-electron chi connectivity index (χ3n) is 3.09. The molecule has 0 aliphatic heterocycles. The Morgan fingerprint density at radius 1 is 1.37 bits per heavy atom. The van der Waals surface area contributed by atoms with Gasteiger partial charge in [0.2, 0.25) is 0 Å². The van der Waals surface area contributed by atoms with E-state index in [2.05, 4.69) is 20.8 Å². The van der Waals surface area contributed by atoms with Gasteiger partial charge in [0.1, 0.15) is 0 Å². The molecule has 1 unspecified atom stereocenters. The molecule has 1 atom stereocenters. The number of aromatic nitrogens is 2. The summed E-state index contributed by atoms with van der Waals surface area (Å²) < 4.78 is 0. The summed E-state index contributed by atoms with van der Waals surface area (Å²) in [6.45, 7) is 4.05. The fourth-order valence-corrected chi connectivity index (χ4v) is 1.88. The average molecular weight is 258 g/mol. The standard InChI is InChI=1S/C14H18N4O/c1-9-4-5-11(14(19)15-3)8-13(9)17-10(2)12-6-7-16-18-12/h4-8,10,17H,1-3H3,(H,15,19)(H,16,18). The minimum absolute atomic E-state index is 0.0859. The van der Waals surface area contributed by atoms with Gasteiger partial charge in [-0.15, -0.1) is 0 Å². The Kier molecular flexibility index (Phi) is 3.85. The maximum atomic E-state index is 11.6. The Bertz CT molecular complexity index is 563. The summed E-state index contributed by atoms with van der Waals surface area (Å²) in [4.78, 5) is 11.6. The number of aromatic amines is 1.